The highest BCUT2D eigenvalue weighted by molar-refractivity contribution is 5.80. The van der Waals surface area contributed by atoms with Crippen molar-refractivity contribution in [3.8, 4) is 5.75 Å². The van der Waals surface area contributed by atoms with Crippen molar-refractivity contribution in [3.63, 3.8) is 0 Å². The molecule has 176 valence electrons. The summed E-state index contributed by atoms with van der Waals surface area (Å²) in [6, 6.07) is 8.33. The van der Waals surface area contributed by atoms with Crippen LogP contribution in [0.15, 0.2) is 29.3 Å². The molecule has 3 rings (SSSR count). The molecule has 1 heterocycles. The summed E-state index contributed by atoms with van der Waals surface area (Å²) in [7, 11) is 3.65. The third-order valence-corrected chi connectivity index (χ3v) is 6.96. The number of benzene rings is 1. The van der Waals surface area contributed by atoms with Gasteiger partial charge in [-0.2, -0.15) is 0 Å². The average Bonchev–Trinajstić information content (AvgIpc) is 3.13. The second-order valence-electron chi connectivity index (χ2n) is 8.41. The summed E-state index contributed by atoms with van der Waals surface area (Å²) in [6.07, 6.45) is 3.42. The van der Waals surface area contributed by atoms with E-state index < -0.39 is 0 Å². The lowest BCUT2D eigenvalue weighted by Gasteiger charge is -2.55. The van der Waals surface area contributed by atoms with Crippen molar-refractivity contribution in [2.45, 2.75) is 72.2 Å². The highest BCUT2D eigenvalue weighted by Gasteiger charge is 2.53. The molecule has 1 aromatic carbocycles. The van der Waals surface area contributed by atoms with Crippen molar-refractivity contribution in [2.24, 2.45) is 17.5 Å². The maximum absolute atomic E-state index is 6.05. The smallest absolute Gasteiger partial charge is 0.192 e. The monoisotopic (exact) mass is 442 g/mol. The number of nitrogens with zero attached hydrogens (tertiary/aromatic N) is 4. The molecule has 2 N–H and O–H groups in total. The lowest BCUT2D eigenvalue weighted by molar-refractivity contribution is -0.133. The van der Waals surface area contributed by atoms with E-state index in [1.54, 1.807) is 7.11 Å². The van der Waals surface area contributed by atoms with Gasteiger partial charge in [0.2, 0.25) is 0 Å². The molecule has 1 fully saturated rings. The van der Waals surface area contributed by atoms with E-state index in [9.17, 15) is 0 Å². The second kappa shape index (κ2) is 10.8. The van der Waals surface area contributed by atoms with Crippen molar-refractivity contribution in [2.75, 3.05) is 13.7 Å². The number of guanidine groups is 1. The van der Waals surface area contributed by atoms with Crippen LogP contribution >= 0.6 is 0 Å². The van der Waals surface area contributed by atoms with E-state index in [0.717, 1.165) is 54.8 Å². The molecule has 1 aliphatic rings. The molecule has 0 aliphatic heterocycles. The Balaban J connectivity index is 1.75. The largest absolute Gasteiger partial charge is 0.497 e. The Morgan fingerprint density at radius 1 is 1.19 bits per heavy atom. The second-order valence-corrected chi connectivity index (χ2v) is 8.41. The number of aliphatic imine (C=N–C) groups is 1. The van der Waals surface area contributed by atoms with Crippen molar-refractivity contribution < 1.29 is 9.47 Å². The zero-order valence-corrected chi connectivity index (χ0v) is 20.3. The first-order valence-corrected chi connectivity index (χ1v) is 11.6. The van der Waals surface area contributed by atoms with Crippen LogP contribution in [0.4, 0.5) is 0 Å². The minimum absolute atomic E-state index is 0.125. The zero-order valence-electron chi connectivity index (χ0n) is 20.3. The molecule has 1 aromatic heterocycles. The summed E-state index contributed by atoms with van der Waals surface area (Å²) < 4.78 is 13.3. The van der Waals surface area contributed by atoms with Gasteiger partial charge < -0.3 is 24.7 Å². The molecule has 0 bridgehead atoms. The normalized spacial score (nSPS) is 20.0. The fraction of sp³-hybridized carbons (Fsp3) is 0.625. The van der Waals surface area contributed by atoms with Crippen LogP contribution < -0.4 is 15.4 Å². The van der Waals surface area contributed by atoms with Crippen LogP contribution in [0, 0.1) is 12.3 Å². The van der Waals surface area contributed by atoms with Crippen LogP contribution in [-0.2, 0) is 24.9 Å². The van der Waals surface area contributed by atoms with Crippen LogP contribution in [0.2, 0.25) is 0 Å². The minimum atomic E-state index is 0.125. The Morgan fingerprint density at radius 2 is 1.91 bits per heavy atom. The van der Waals surface area contributed by atoms with Gasteiger partial charge in [-0.3, -0.25) is 0 Å². The highest BCUT2D eigenvalue weighted by Crippen LogP contribution is 2.48. The maximum Gasteiger partial charge on any atom is 0.192 e. The third kappa shape index (κ3) is 5.06. The molecule has 2 unspecified atom stereocenters. The van der Waals surface area contributed by atoms with Crippen LogP contribution in [-0.4, -0.2) is 46.6 Å². The number of aromatic nitrogens is 3. The van der Waals surface area contributed by atoms with Gasteiger partial charge in [0.05, 0.1) is 26.3 Å². The van der Waals surface area contributed by atoms with Gasteiger partial charge in [0.1, 0.15) is 11.6 Å². The third-order valence-electron chi connectivity index (χ3n) is 6.96. The fourth-order valence-electron chi connectivity index (χ4n) is 4.57. The number of aryl methyl sites for hydroxylation is 1. The molecule has 0 saturated heterocycles. The van der Waals surface area contributed by atoms with E-state index in [1.807, 2.05) is 42.8 Å². The predicted octanol–water partition coefficient (Wildman–Crippen LogP) is 3.35. The van der Waals surface area contributed by atoms with E-state index in [2.05, 4.69) is 41.6 Å². The lowest BCUT2D eigenvalue weighted by Crippen LogP contribution is -2.65. The number of methoxy groups -OCH3 is 1. The van der Waals surface area contributed by atoms with Crippen molar-refractivity contribution in [1.82, 2.24) is 25.4 Å². The molecular weight excluding hydrogens is 404 g/mol. The molecule has 8 nitrogen and oxygen atoms in total. The van der Waals surface area contributed by atoms with Crippen LogP contribution in [0.25, 0.3) is 0 Å². The Hall–Kier alpha value is -2.61. The first-order chi connectivity index (χ1) is 15.5. The summed E-state index contributed by atoms with van der Waals surface area (Å²) >= 11 is 0. The molecule has 0 amide bonds. The summed E-state index contributed by atoms with van der Waals surface area (Å²) in [4.78, 5) is 4.88. The number of hydrogen-bond acceptors (Lipinski definition) is 5. The fourth-order valence-corrected chi connectivity index (χ4v) is 4.57. The Labute approximate surface area is 191 Å². The zero-order chi connectivity index (χ0) is 23.1. The van der Waals surface area contributed by atoms with Crippen molar-refractivity contribution in [1.29, 1.82) is 0 Å². The van der Waals surface area contributed by atoms with Gasteiger partial charge in [0.25, 0.3) is 0 Å². The van der Waals surface area contributed by atoms with Gasteiger partial charge in [0.15, 0.2) is 11.8 Å². The highest BCUT2D eigenvalue weighted by atomic mass is 16.5. The van der Waals surface area contributed by atoms with Gasteiger partial charge in [0, 0.05) is 25.1 Å². The summed E-state index contributed by atoms with van der Waals surface area (Å²) in [5.41, 5.74) is 1.25. The molecule has 0 spiro atoms. The predicted molar refractivity (Wildman–Crippen MR) is 127 cm³/mol. The summed E-state index contributed by atoms with van der Waals surface area (Å²) in [5, 5.41) is 15.6. The molecule has 1 aliphatic carbocycles. The Kier molecular flexibility index (Phi) is 8.12. The standard InChI is InChI=1S/C24H38N6O2/c1-7-24(8-2)20(14-21(24)32-9-3)27-23(26-16-22-29-28-17(4)30(22)5)25-15-18-10-12-19(31-6)13-11-18/h10-13,20-21H,7-9,14-16H2,1-6H3,(H2,25,26,27). The van der Waals surface area contributed by atoms with Gasteiger partial charge in [-0.15, -0.1) is 10.2 Å². The quantitative estimate of drug-likeness (QED) is 0.434. The summed E-state index contributed by atoms with van der Waals surface area (Å²) in [5.74, 6) is 3.40. The topological polar surface area (TPSA) is 85.6 Å². The van der Waals surface area contributed by atoms with Gasteiger partial charge in [-0.1, -0.05) is 26.0 Å². The Morgan fingerprint density at radius 3 is 2.47 bits per heavy atom. The lowest BCUT2D eigenvalue weighted by atomic mass is 9.58. The average molecular weight is 443 g/mol. The van der Waals surface area contributed by atoms with E-state index in [-0.39, 0.29) is 5.41 Å². The van der Waals surface area contributed by atoms with Crippen LogP contribution in [0.1, 0.15) is 57.2 Å². The first-order valence-electron chi connectivity index (χ1n) is 11.6. The summed E-state index contributed by atoms with van der Waals surface area (Å²) in [6.45, 7) is 10.4. The maximum atomic E-state index is 6.05. The van der Waals surface area contributed by atoms with E-state index in [4.69, 9.17) is 14.5 Å². The minimum Gasteiger partial charge on any atom is -0.497 e. The molecule has 1 saturated carbocycles. The van der Waals surface area contributed by atoms with Gasteiger partial charge in [-0.05, 0) is 50.8 Å². The van der Waals surface area contributed by atoms with Gasteiger partial charge in [-0.25, -0.2) is 4.99 Å². The van der Waals surface area contributed by atoms with Crippen LogP contribution in [0.5, 0.6) is 5.75 Å². The first kappa shape index (κ1) is 24.0. The van der Waals surface area contributed by atoms with E-state index >= 15 is 0 Å². The molecular formula is C24H38N6O2. The number of hydrogen-bond donors (Lipinski definition) is 2. The van der Waals surface area contributed by atoms with Crippen molar-refractivity contribution in [3.05, 3.63) is 41.5 Å². The molecule has 2 aromatic rings. The Bertz CT molecular complexity index is 888. The number of nitrogens with one attached hydrogen (secondary N) is 2. The van der Waals surface area contributed by atoms with Gasteiger partial charge >= 0.3 is 0 Å². The molecule has 2 atom stereocenters. The van der Waals surface area contributed by atoms with E-state index in [1.165, 1.54) is 0 Å². The van der Waals surface area contributed by atoms with Crippen molar-refractivity contribution >= 4 is 5.96 Å². The SMILES string of the molecule is CCOC1CC(NC(=NCc2ccc(OC)cc2)NCc2nnc(C)n2C)C1(CC)CC. The van der Waals surface area contributed by atoms with Crippen LogP contribution in [0.3, 0.4) is 0 Å². The van der Waals surface area contributed by atoms with E-state index in [0.29, 0.717) is 25.2 Å². The number of rotatable bonds is 10. The molecule has 32 heavy (non-hydrogen) atoms. The number of ether oxygens (including phenoxy) is 2. The molecule has 0 radical (unpaired) electrons. The molecule has 8 heteroatoms.